The minimum Gasteiger partial charge on any atom is -0.478 e. The topological polar surface area (TPSA) is 98.9 Å². The van der Waals surface area contributed by atoms with Crippen LogP contribution in [0.3, 0.4) is 0 Å². The SMILES string of the molecule is CCCCC[C@@H](OCc1ccccc1)C1CC(c2cc([N+](=O)[O-])ccc2C(=O)O)CO1. The van der Waals surface area contributed by atoms with Gasteiger partial charge in [0.15, 0.2) is 0 Å². The summed E-state index contributed by atoms with van der Waals surface area (Å²) >= 11 is 0. The van der Waals surface area contributed by atoms with Gasteiger partial charge in [0, 0.05) is 18.1 Å². The maximum atomic E-state index is 11.7. The van der Waals surface area contributed by atoms with E-state index < -0.39 is 10.9 Å². The normalized spacial score (nSPS) is 19.3. The first-order valence-electron chi connectivity index (χ1n) is 10.8. The van der Waals surface area contributed by atoms with E-state index in [2.05, 4.69) is 6.92 Å². The number of carbonyl (C=O) groups is 1. The second-order valence-electron chi connectivity index (χ2n) is 7.97. The molecule has 0 spiro atoms. The van der Waals surface area contributed by atoms with Crippen molar-refractivity contribution in [3.05, 3.63) is 75.3 Å². The highest BCUT2D eigenvalue weighted by atomic mass is 16.6. The lowest BCUT2D eigenvalue weighted by Gasteiger charge is -2.24. The molecule has 3 rings (SSSR count). The van der Waals surface area contributed by atoms with Gasteiger partial charge in [-0.2, -0.15) is 0 Å². The Kier molecular flexibility index (Phi) is 8.14. The number of hydrogen-bond donors (Lipinski definition) is 1. The lowest BCUT2D eigenvalue weighted by atomic mass is 9.89. The maximum absolute atomic E-state index is 11.7. The monoisotopic (exact) mass is 427 g/mol. The first kappa shape index (κ1) is 22.9. The Balaban J connectivity index is 1.74. The van der Waals surface area contributed by atoms with Gasteiger partial charge in [-0.25, -0.2) is 4.79 Å². The van der Waals surface area contributed by atoms with Crippen LogP contribution in [0.4, 0.5) is 5.69 Å². The van der Waals surface area contributed by atoms with Crippen molar-refractivity contribution in [2.45, 2.75) is 63.8 Å². The van der Waals surface area contributed by atoms with Gasteiger partial charge in [-0.3, -0.25) is 10.1 Å². The minimum atomic E-state index is -1.09. The number of carboxylic acids is 1. The summed E-state index contributed by atoms with van der Waals surface area (Å²) in [7, 11) is 0. The smallest absolute Gasteiger partial charge is 0.335 e. The van der Waals surface area contributed by atoms with E-state index in [1.165, 1.54) is 18.2 Å². The molecule has 1 N–H and O–H groups in total. The molecule has 1 saturated heterocycles. The number of carboxylic acid groups (broad SMARTS) is 1. The Morgan fingerprint density at radius 1 is 1.26 bits per heavy atom. The van der Waals surface area contributed by atoms with Gasteiger partial charge in [-0.15, -0.1) is 0 Å². The average Bonchev–Trinajstić information content (AvgIpc) is 3.26. The predicted octanol–water partition coefficient (Wildman–Crippen LogP) is 5.33. The van der Waals surface area contributed by atoms with E-state index in [0.717, 1.165) is 31.2 Å². The minimum absolute atomic E-state index is 0.0904. The van der Waals surface area contributed by atoms with Crippen molar-refractivity contribution < 1.29 is 24.3 Å². The molecule has 1 aliphatic heterocycles. The maximum Gasteiger partial charge on any atom is 0.335 e. The molecule has 31 heavy (non-hydrogen) atoms. The first-order chi connectivity index (χ1) is 15.0. The number of unbranched alkanes of at least 4 members (excludes halogenated alkanes) is 2. The van der Waals surface area contributed by atoms with E-state index in [4.69, 9.17) is 9.47 Å². The fourth-order valence-electron chi connectivity index (χ4n) is 4.08. The predicted molar refractivity (Wildman–Crippen MR) is 116 cm³/mol. The lowest BCUT2D eigenvalue weighted by molar-refractivity contribution is -0.384. The second-order valence-corrected chi connectivity index (χ2v) is 7.97. The summed E-state index contributed by atoms with van der Waals surface area (Å²) < 4.78 is 12.3. The summed E-state index contributed by atoms with van der Waals surface area (Å²) in [5.74, 6) is -1.31. The summed E-state index contributed by atoms with van der Waals surface area (Å²) in [6, 6.07) is 13.9. The van der Waals surface area contributed by atoms with Crippen molar-refractivity contribution in [2.75, 3.05) is 6.61 Å². The number of nitro groups is 1. The average molecular weight is 427 g/mol. The number of ether oxygens (including phenoxy) is 2. The number of hydrogen-bond acceptors (Lipinski definition) is 5. The Bertz CT molecular complexity index is 885. The van der Waals surface area contributed by atoms with Crippen LogP contribution in [0, 0.1) is 10.1 Å². The summed E-state index contributed by atoms with van der Waals surface area (Å²) in [6.45, 7) is 2.96. The zero-order valence-electron chi connectivity index (χ0n) is 17.7. The van der Waals surface area contributed by atoms with Crippen molar-refractivity contribution in [1.82, 2.24) is 0 Å². The van der Waals surface area contributed by atoms with Crippen molar-refractivity contribution in [2.24, 2.45) is 0 Å². The van der Waals surface area contributed by atoms with E-state index in [1.807, 2.05) is 30.3 Å². The van der Waals surface area contributed by atoms with Gasteiger partial charge in [-0.1, -0.05) is 56.5 Å². The van der Waals surface area contributed by atoms with Gasteiger partial charge in [-0.05, 0) is 30.0 Å². The molecule has 166 valence electrons. The first-order valence-corrected chi connectivity index (χ1v) is 10.8. The van der Waals surface area contributed by atoms with Crippen LogP contribution >= 0.6 is 0 Å². The highest BCUT2D eigenvalue weighted by Gasteiger charge is 2.35. The third-order valence-corrected chi connectivity index (χ3v) is 5.76. The summed E-state index contributed by atoms with van der Waals surface area (Å²) in [4.78, 5) is 22.4. The van der Waals surface area contributed by atoms with Crippen molar-refractivity contribution in [1.29, 1.82) is 0 Å². The fourth-order valence-corrected chi connectivity index (χ4v) is 4.08. The van der Waals surface area contributed by atoms with Crippen molar-refractivity contribution >= 4 is 11.7 Å². The third-order valence-electron chi connectivity index (χ3n) is 5.76. The molecule has 2 aromatic rings. The molecule has 7 heteroatoms. The van der Waals surface area contributed by atoms with Gasteiger partial charge < -0.3 is 14.6 Å². The van der Waals surface area contributed by atoms with Gasteiger partial charge >= 0.3 is 5.97 Å². The summed E-state index contributed by atoms with van der Waals surface area (Å²) in [5.41, 5.74) is 1.53. The van der Waals surface area contributed by atoms with Crippen LogP contribution in [0.1, 0.15) is 66.4 Å². The zero-order valence-corrected chi connectivity index (χ0v) is 17.7. The molecule has 0 saturated carbocycles. The van der Waals surface area contributed by atoms with E-state index in [1.54, 1.807) is 0 Å². The molecule has 0 amide bonds. The zero-order chi connectivity index (χ0) is 22.2. The largest absolute Gasteiger partial charge is 0.478 e. The molecule has 2 unspecified atom stereocenters. The van der Waals surface area contributed by atoms with Crippen LogP contribution in [0.5, 0.6) is 0 Å². The number of nitrogens with zero attached hydrogens (tertiary/aromatic N) is 1. The van der Waals surface area contributed by atoms with Crippen LogP contribution in [-0.2, 0) is 16.1 Å². The molecule has 3 atom stereocenters. The Labute approximate surface area is 182 Å². The standard InChI is InChI=1S/C24H29NO6/c1-2-3-5-10-22(30-15-17-8-6-4-7-9-17)23-13-18(16-31-23)21-14-19(25(28)29)11-12-20(21)24(26)27/h4,6-9,11-12,14,18,22-23H,2-3,5,10,13,15-16H2,1H3,(H,26,27)/t18?,22-,23?/m1/s1. The molecule has 2 aromatic carbocycles. The molecule has 1 heterocycles. The lowest BCUT2D eigenvalue weighted by Crippen LogP contribution is -2.28. The van der Waals surface area contributed by atoms with Crippen LogP contribution in [0.2, 0.25) is 0 Å². The van der Waals surface area contributed by atoms with Crippen molar-refractivity contribution in [3.63, 3.8) is 0 Å². The van der Waals surface area contributed by atoms with Crippen LogP contribution < -0.4 is 0 Å². The molecule has 0 bridgehead atoms. The highest BCUT2D eigenvalue weighted by Crippen LogP contribution is 2.36. The molecule has 0 aromatic heterocycles. The number of nitro benzene ring substituents is 1. The number of non-ortho nitro benzene ring substituents is 1. The summed E-state index contributed by atoms with van der Waals surface area (Å²) in [6.07, 6.45) is 4.39. The Hall–Kier alpha value is -2.77. The van der Waals surface area contributed by atoms with Gasteiger partial charge in [0.1, 0.15) is 0 Å². The number of benzene rings is 2. The second kappa shape index (κ2) is 11.0. The van der Waals surface area contributed by atoms with E-state index in [-0.39, 0.29) is 29.4 Å². The number of aromatic carboxylic acids is 1. The molecule has 7 nitrogen and oxygen atoms in total. The van der Waals surface area contributed by atoms with Crippen LogP contribution in [0.15, 0.2) is 48.5 Å². The van der Waals surface area contributed by atoms with Gasteiger partial charge in [0.05, 0.1) is 35.9 Å². The molecular weight excluding hydrogens is 398 g/mol. The molecule has 1 aliphatic rings. The van der Waals surface area contributed by atoms with Gasteiger partial charge in [0.2, 0.25) is 0 Å². The summed E-state index contributed by atoms with van der Waals surface area (Å²) in [5, 5.41) is 20.7. The molecule has 0 aliphatic carbocycles. The Morgan fingerprint density at radius 2 is 2.03 bits per heavy atom. The van der Waals surface area contributed by atoms with E-state index >= 15 is 0 Å². The van der Waals surface area contributed by atoms with Crippen molar-refractivity contribution in [3.8, 4) is 0 Å². The molecule has 0 radical (unpaired) electrons. The molecular formula is C24H29NO6. The fraction of sp³-hybridized carbons (Fsp3) is 0.458. The van der Waals surface area contributed by atoms with Gasteiger partial charge in [0.25, 0.3) is 5.69 Å². The van der Waals surface area contributed by atoms with Crippen LogP contribution in [0.25, 0.3) is 0 Å². The highest BCUT2D eigenvalue weighted by molar-refractivity contribution is 5.90. The molecule has 1 fully saturated rings. The Morgan fingerprint density at radius 3 is 2.71 bits per heavy atom. The quantitative estimate of drug-likeness (QED) is 0.296. The third kappa shape index (κ3) is 6.12. The van der Waals surface area contributed by atoms with Crippen LogP contribution in [-0.4, -0.2) is 34.8 Å². The van der Waals surface area contributed by atoms with E-state index in [0.29, 0.717) is 25.2 Å². The van der Waals surface area contributed by atoms with E-state index in [9.17, 15) is 20.0 Å². The number of rotatable bonds is 11.